The summed E-state index contributed by atoms with van der Waals surface area (Å²) in [6.45, 7) is 6.12. The van der Waals surface area contributed by atoms with Gasteiger partial charge in [0, 0.05) is 12.3 Å². The molecule has 3 heteroatoms. The second-order valence-corrected chi connectivity index (χ2v) is 9.10. The van der Waals surface area contributed by atoms with Gasteiger partial charge in [-0.3, -0.25) is 4.79 Å². The lowest BCUT2D eigenvalue weighted by Gasteiger charge is -2.55. The van der Waals surface area contributed by atoms with Crippen molar-refractivity contribution in [1.29, 1.82) is 0 Å². The lowest BCUT2D eigenvalue weighted by Crippen LogP contribution is -2.54. The molecule has 144 valence electrons. The van der Waals surface area contributed by atoms with Gasteiger partial charge in [-0.25, -0.2) is 0 Å². The van der Waals surface area contributed by atoms with E-state index in [-0.39, 0.29) is 11.4 Å². The van der Waals surface area contributed by atoms with Gasteiger partial charge < -0.3 is 9.47 Å². The lowest BCUT2D eigenvalue weighted by atomic mass is 9.50. The molecule has 6 atom stereocenters. The summed E-state index contributed by atoms with van der Waals surface area (Å²) < 4.78 is 11.3. The van der Waals surface area contributed by atoms with Crippen molar-refractivity contribution in [2.75, 3.05) is 7.11 Å². The summed E-state index contributed by atoms with van der Waals surface area (Å²) in [4.78, 5) is 11.8. The fraction of sp³-hybridized carbons (Fsp3) is 0.625. The van der Waals surface area contributed by atoms with Crippen LogP contribution in [-0.4, -0.2) is 18.7 Å². The molecule has 0 bridgehead atoms. The number of hydrogen-bond acceptors (Lipinski definition) is 3. The molecule has 0 aromatic heterocycles. The quantitative estimate of drug-likeness (QED) is 0.561. The lowest BCUT2D eigenvalue weighted by molar-refractivity contribution is -0.167. The number of hydrogen-bond donors (Lipinski definition) is 0. The second kappa shape index (κ2) is 6.30. The first-order valence-corrected chi connectivity index (χ1v) is 10.2. The number of methoxy groups -OCH3 is 1. The Kier molecular flexibility index (Phi) is 4.29. The maximum atomic E-state index is 11.8. The predicted octanol–water partition coefficient (Wildman–Crippen LogP) is 4.73. The van der Waals surface area contributed by atoms with Gasteiger partial charge in [0.15, 0.2) is 5.60 Å². The molecule has 0 radical (unpaired) electrons. The number of rotatable bonds is 2. The molecule has 27 heavy (non-hydrogen) atoms. The van der Waals surface area contributed by atoms with Crippen LogP contribution in [0.4, 0.5) is 0 Å². The van der Waals surface area contributed by atoms with E-state index in [9.17, 15) is 4.79 Å². The Morgan fingerprint density at radius 1 is 1.33 bits per heavy atom. The van der Waals surface area contributed by atoms with E-state index in [0.717, 1.165) is 31.4 Å². The number of fused-ring (bicyclic) bond motifs is 5. The molecule has 1 aromatic rings. The Labute approximate surface area is 162 Å². The normalized spacial score (nSPS) is 39.5. The summed E-state index contributed by atoms with van der Waals surface area (Å²) in [6, 6.07) is 6.59. The molecule has 3 aliphatic rings. The van der Waals surface area contributed by atoms with Crippen molar-refractivity contribution in [3.05, 3.63) is 29.3 Å². The second-order valence-electron chi connectivity index (χ2n) is 9.10. The van der Waals surface area contributed by atoms with Crippen LogP contribution in [0.3, 0.4) is 0 Å². The minimum absolute atomic E-state index is 0.141. The summed E-state index contributed by atoms with van der Waals surface area (Å²) in [6.07, 6.45) is 11.1. The van der Waals surface area contributed by atoms with Crippen molar-refractivity contribution in [1.82, 2.24) is 0 Å². The van der Waals surface area contributed by atoms with Gasteiger partial charge in [0.25, 0.3) is 0 Å². The summed E-state index contributed by atoms with van der Waals surface area (Å²) >= 11 is 0. The van der Waals surface area contributed by atoms with Crippen molar-refractivity contribution >= 4 is 5.97 Å². The molecule has 0 heterocycles. The van der Waals surface area contributed by atoms with Crippen molar-refractivity contribution in [3.63, 3.8) is 0 Å². The van der Waals surface area contributed by atoms with Crippen LogP contribution in [0.15, 0.2) is 18.2 Å². The minimum Gasteiger partial charge on any atom is -0.497 e. The molecular weight excluding hydrogens is 336 g/mol. The zero-order chi connectivity index (χ0) is 19.4. The number of terminal acetylenes is 1. The summed E-state index contributed by atoms with van der Waals surface area (Å²) in [7, 11) is 1.73. The molecule has 2 fully saturated rings. The van der Waals surface area contributed by atoms with Crippen LogP contribution in [0, 0.1) is 35.5 Å². The highest BCUT2D eigenvalue weighted by atomic mass is 16.6. The van der Waals surface area contributed by atoms with Crippen molar-refractivity contribution in [2.24, 2.45) is 23.2 Å². The predicted molar refractivity (Wildman–Crippen MR) is 105 cm³/mol. The van der Waals surface area contributed by atoms with E-state index in [0.29, 0.717) is 23.7 Å². The van der Waals surface area contributed by atoms with Crippen LogP contribution in [-0.2, 0) is 16.0 Å². The van der Waals surface area contributed by atoms with Crippen molar-refractivity contribution in [2.45, 2.75) is 64.4 Å². The Bertz CT molecular complexity index is 806. The monoisotopic (exact) mass is 366 g/mol. The Balaban J connectivity index is 1.73. The van der Waals surface area contributed by atoms with Gasteiger partial charge in [-0.1, -0.05) is 25.8 Å². The summed E-state index contributed by atoms with van der Waals surface area (Å²) in [5, 5.41) is 0. The molecule has 3 nitrogen and oxygen atoms in total. The molecule has 2 saturated carbocycles. The molecule has 0 aliphatic heterocycles. The molecule has 5 unspecified atom stereocenters. The molecule has 1 aromatic carbocycles. The molecular formula is C24H30O3. The Morgan fingerprint density at radius 2 is 2.11 bits per heavy atom. The van der Waals surface area contributed by atoms with Gasteiger partial charge in [0.2, 0.25) is 0 Å². The van der Waals surface area contributed by atoms with E-state index in [1.807, 2.05) is 0 Å². The number of aryl methyl sites for hydroxylation is 1. The van der Waals surface area contributed by atoms with Crippen molar-refractivity contribution < 1.29 is 14.3 Å². The third-order valence-electron chi connectivity index (χ3n) is 7.89. The third kappa shape index (κ3) is 2.53. The summed E-state index contributed by atoms with van der Waals surface area (Å²) in [5.41, 5.74) is 2.04. The topological polar surface area (TPSA) is 35.5 Å². The molecule has 3 aliphatic carbocycles. The third-order valence-corrected chi connectivity index (χ3v) is 7.89. The number of esters is 1. The smallest absolute Gasteiger partial charge is 0.304 e. The zero-order valence-corrected chi connectivity index (χ0v) is 16.9. The van der Waals surface area contributed by atoms with Crippen LogP contribution in [0.5, 0.6) is 5.75 Å². The number of benzene rings is 1. The molecule has 0 saturated heterocycles. The molecule has 0 N–H and O–H groups in total. The standard InChI is InChI=1S/C24H30O3/c1-6-24(27-16(3)25)12-11-21-20-9-7-17-13-18(26-5)8-10-19(17)22(20)15(2)14-23(21,24)4/h1,8,10,13,15,20-22H,7,9,11-12,14H2,2-5H3/t15?,20?,21?,22?,23?,24-/m1/s1. The van der Waals surface area contributed by atoms with Gasteiger partial charge in [-0.05, 0) is 79.0 Å². The van der Waals surface area contributed by atoms with Crippen molar-refractivity contribution in [3.8, 4) is 18.1 Å². The first-order valence-electron chi connectivity index (χ1n) is 10.2. The first-order chi connectivity index (χ1) is 12.8. The van der Waals surface area contributed by atoms with Gasteiger partial charge in [-0.2, -0.15) is 0 Å². The van der Waals surface area contributed by atoms with Gasteiger partial charge in [0.05, 0.1) is 7.11 Å². The number of ether oxygens (including phenoxy) is 2. The highest BCUT2D eigenvalue weighted by Crippen LogP contribution is 2.66. The van der Waals surface area contributed by atoms with E-state index in [4.69, 9.17) is 15.9 Å². The molecule has 0 spiro atoms. The van der Waals surface area contributed by atoms with E-state index in [1.165, 1.54) is 24.5 Å². The van der Waals surface area contributed by atoms with Gasteiger partial charge >= 0.3 is 5.97 Å². The highest BCUT2D eigenvalue weighted by molar-refractivity contribution is 5.67. The van der Waals surface area contributed by atoms with Crippen LogP contribution in [0.25, 0.3) is 0 Å². The minimum atomic E-state index is -0.747. The maximum absolute atomic E-state index is 11.8. The number of carbonyl (C=O) groups is 1. The Morgan fingerprint density at radius 3 is 2.78 bits per heavy atom. The first kappa shape index (κ1) is 18.4. The molecule has 4 rings (SSSR count). The van der Waals surface area contributed by atoms with Gasteiger partial charge in [-0.15, -0.1) is 6.42 Å². The Hall–Kier alpha value is -1.95. The SMILES string of the molecule is C#C[C@@]1(OC(C)=O)CCC2C3CCc4cc(OC)ccc4C3C(C)CC21C. The average Bonchev–Trinajstić information content (AvgIpc) is 2.92. The van der Waals surface area contributed by atoms with E-state index in [2.05, 4.69) is 38.0 Å². The average molecular weight is 367 g/mol. The van der Waals surface area contributed by atoms with Crippen LogP contribution in [0.1, 0.15) is 63.5 Å². The largest absolute Gasteiger partial charge is 0.497 e. The number of carbonyl (C=O) groups excluding carboxylic acids is 1. The van der Waals surface area contributed by atoms with Crippen LogP contribution in [0.2, 0.25) is 0 Å². The fourth-order valence-corrected chi connectivity index (χ4v) is 6.90. The maximum Gasteiger partial charge on any atom is 0.304 e. The van der Waals surface area contributed by atoms with E-state index in [1.54, 1.807) is 7.11 Å². The molecule has 0 amide bonds. The highest BCUT2D eigenvalue weighted by Gasteiger charge is 2.65. The fourth-order valence-electron chi connectivity index (χ4n) is 6.90. The summed E-state index contributed by atoms with van der Waals surface area (Å²) in [5.74, 6) is 5.80. The zero-order valence-electron chi connectivity index (χ0n) is 16.9. The van der Waals surface area contributed by atoms with E-state index < -0.39 is 5.60 Å². The van der Waals surface area contributed by atoms with Crippen LogP contribution < -0.4 is 4.74 Å². The van der Waals surface area contributed by atoms with Crippen LogP contribution >= 0.6 is 0 Å². The van der Waals surface area contributed by atoms with E-state index >= 15 is 0 Å². The van der Waals surface area contributed by atoms with Gasteiger partial charge in [0.1, 0.15) is 5.75 Å².